The summed E-state index contributed by atoms with van der Waals surface area (Å²) in [6, 6.07) is 12.6. The molecule has 2 aromatic rings. The Morgan fingerprint density at radius 2 is 1.83 bits per heavy atom. The SMILES string of the molecule is COc1ccc(CC2CCCN2C(=O)Nc2ccc3c(c2)C(=O)N(C)C3=O)cc1. The van der Waals surface area contributed by atoms with Crippen molar-refractivity contribution in [3.05, 3.63) is 59.2 Å². The van der Waals surface area contributed by atoms with E-state index in [9.17, 15) is 14.4 Å². The Labute approximate surface area is 169 Å². The standard InChI is InChI=1S/C22H23N3O4/c1-24-20(26)18-10-7-15(13-19(18)21(24)27)23-22(28)25-11-3-4-16(25)12-14-5-8-17(29-2)9-6-14/h5-10,13,16H,3-4,11-12H2,1-2H3,(H,23,28). The molecule has 2 aliphatic rings. The third-order valence-corrected chi connectivity index (χ3v) is 5.61. The molecule has 2 aromatic carbocycles. The Bertz CT molecular complexity index is 971. The van der Waals surface area contributed by atoms with Crippen LogP contribution in [0.1, 0.15) is 39.1 Å². The second-order valence-corrected chi connectivity index (χ2v) is 7.40. The summed E-state index contributed by atoms with van der Waals surface area (Å²) < 4.78 is 5.19. The lowest BCUT2D eigenvalue weighted by Gasteiger charge is -2.25. The number of carbonyl (C=O) groups is 3. The van der Waals surface area contributed by atoms with E-state index >= 15 is 0 Å². The second-order valence-electron chi connectivity index (χ2n) is 7.40. The minimum absolute atomic E-state index is 0.118. The van der Waals surface area contributed by atoms with Gasteiger partial charge in [-0.3, -0.25) is 14.5 Å². The topological polar surface area (TPSA) is 79.0 Å². The molecule has 7 heteroatoms. The number of methoxy groups -OCH3 is 1. The van der Waals surface area contributed by atoms with Gasteiger partial charge < -0.3 is 15.0 Å². The van der Waals surface area contributed by atoms with Crippen molar-refractivity contribution in [2.45, 2.75) is 25.3 Å². The third kappa shape index (κ3) is 3.55. The predicted molar refractivity (Wildman–Crippen MR) is 108 cm³/mol. The van der Waals surface area contributed by atoms with Crippen molar-refractivity contribution in [1.29, 1.82) is 0 Å². The number of anilines is 1. The van der Waals surface area contributed by atoms with E-state index in [0.717, 1.165) is 35.5 Å². The van der Waals surface area contributed by atoms with E-state index in [1.807, 2.05) is 29.2 Å². The molecule has 4 rings (SSSR count). The Morgan fingerprint density at radius 1 is 1.10 bits per heavy atom. The minimum Gasteiger partial charge on any atom is -0.497 e. The van der Waals surface area contributed by atoms with Crippen molar-refractivity contribution in [2.75, 3.05) is 26.0 Å². The average molecular weight is 393 g/mol. The van der Waals surface area contributed by atoms with E-state index in [1.54, 1.807) is 25.3 Å². The van der Waals surface area contributed by atoms with Gasteiger partial charge in [-0.2, -0.15) is 0 Å². The highest BCUT2D eigenvalue weighted by atomic mass is 16.5. The van der Waals surface area contributed by atoms with Crippen molar-refractivity contribution in [3.8, 4) is 5.75 Å². The number of hydrogen-bond acceptors (Lipinski definition) is 4. The van der Waals surface area contributed by atoms with Crippen LogP contribution in [-0.4, -0.2) is 54.4 Å². The summed E-state index contributed by atoms with van der Waals surface area (Å²) >= 11 is 0. The van der Waals surface area contributed by atoms with Gasteiger partial charge in [0.2, 0.25) is 0 Å². The molecule has 2 aliphatic heterocycles. The molecule has 4 amide bonds. The number of likely N-dealkylation sites (tertiary alicyclic amines) is 1. The van der Waals surface area contributed by atoms with Gasteiger partial charge >= 0.3 is 6.03 Å². The van der Waals surface area contributed by atoms with E-state index in [1.165, 1.54) is 7.05 Å². The summed E-state index contributed by atoms with van der Waals surface area (Å²) in [6.07, 6.45) is 2.68. The molecule has 1 fully saturated rings. The van der Waals surface area contributed by atoms with Gasteiger partial charge in [0.25, 0.3) is 11.8 Å². The number of urea groups is 1. The molecule has 0 bridgehead atoms. The molecular weight excluding hydrogens is 370 g/mol. The van der Waals surface area contributed by atoms with Crippen molar-refractivity contribution in [2.24, 2.45) is 0 Å². The number of fused-ring (bicyclic) bond motifs is 1. The van der Waals surface area contributed by atoms with Gasteiger partial charge in [0, 0.05) is 25.3 Å². The van der Waals surface area contributed by atoms with Gasteiger partial charge in [-0.1, -0.05) is 12.1 Å². The van der Waals surface area contributed by atoms with Gasteiger partial charge in [-0.05, 0) is 55.2 Å². The largest absolute Gasteiger partial charge is 0.497 e. The van der Waals surface area contributed by atoms with Crippen LogP contribution in [0.4, 0.5) is 10.5 Å². The first-order valence-electron chi connectivity index (χ1n) is 9.65. The predicted octanol–water partition coefficient (Wildman–Crippen LogP) is 3.16. The number of nitrogens with zero attached hydrogens (tertiary/aromatic N) is 2. The van der Waals surface area contributed by atoms with Crippen molar-refractivity contribution < 1.29 is 19.1 Å². The van der Waals surface area contributed by atoms with Crippen LogP contribution in [0, 0.1) is 0 Å². The van der Waals surface area contributed by atoms with Gasteiger partial charge in [0.15, 0.2) is 0 Å². The molecule has 7 nitrogen and oxygen atoms in total. The molecule has 1 N–H and O–H groups in total. The highest BCUT2D eigenvalue weighted by molar-refractivity contribution is 6.21. The smallest absolute Gasteiger partial charge is 0.322 e. The monoisotopic (exact) mass is 393 g/mol. The Kier molecular flexibility index (Phi) is 4.96. The van der Waals surface area contributed by atoms with Gasteiger partial charge in [0.1, 0.15) is 5.75 Å². The van der Waals surface area contributed by atoms with Crippen LogP contribution in [0.5, 0.6) is 5.75 Å². The van der Waals surface area contributed by atoms with E-state index in [2.05, 4.69) is 5.32 Å². The molecule has 1 atom stereocenters. The lowest BCUT2D eigenvalue weighted by molar-refractivity contribution is 0.0693. The number of amides is 4. The Balaban J connectivity index is 1.45. The minimum atomic E-state index is -0.348. The highest BCUT2D eigenvalue weighted by Crippen LogP contribution is 2.27. The molecule has 0 saturated carbocycles. The summed E-state index contributed by atoms with van der Waals surface area (Å²) in [5.74, 6) is 0.145. The van der Waals surface area contributed by atoms with Crippen LogP contribution in [0.2, 0.25) is 0 Å². The fraction of sp³-hybridized carbons (Fsp3) is 0.318. The zero-order valence-corrected chi connectivity index (χ0v) is 16.5. The second kappa shape index (κ2) is 7.58. The molecule has 0 aromatic heterocycles. The van der Waals surface area contributed by atoms with E-state index in [4.69, 9.17) is 4.74 Å². The maximum absolute atomic E-state index is 12.9. The molecule has 150 valence electrons. The third-order valence-electron chi connectivity index (χ3n) is 5.61. The van der Waals surface area contributed by atoms with Crippen molar-refractivity contribution in [3.63, 3.8) is 0 Å². The normalized spacial score (nSPS) is 18.2. The van der Waals surface area contributed by atoms with Gasteiger partial charge in [0.05, 0.1) is 18.2 Å². The lowest BCUT2D eigenvalue weighted by Crippen LogP contribution is -2.39. The Hall–Kier alpha value is -3.35. The highest BCUT2D eigenvalue weighted by Gasteiger charge is 2.33. The fourth-order valence-corrected chi connectivity index (χ4v) is 3.98. The van der Waals surface area contributed by atoms with Gasteiger partial charge in [-0.25, -0.2) is 4.79 Å². The first-order chi connectivity index (χ1) is 14.0. The Morgan fingerprint density at radius 3 is 2.55 bits per heavy atom. The lowest BCUT2D eigenvalue weighted by atomic mass is 10.0. The number of benzene rings is 2. The van der Waals surface area contributed by atoms with E-state index in [0.29, 0.717) is 23.4 Å². The van der Waals surface area contributed by atoms with E-state index in [-0.39, 0.29) is 23.9 Å². The van der Waals surface area contributed by atoms with Crippen molar-refractivity contribution >= 4 is 23.5 Å². The summed E-state index contributed by atoms with van der Waals surface area (Å²) in [5, 5.41) is 2.88. The summed E-state index contributed by atoms with van der Waals surface area (Å²) in [7, 11) is 3.09. The fourth-order valence-electron chi connectivity index (χ4n) is 3.98. The number of carbonyl (C=O) groups excluding carboxylic acids is 3. The van der Waals surface area contributed by atoms with Crippen LogP contribution in [0.3, 0.4) is 0 Å². The van der Waals surface area contributed by atoms with Crippen LogP contribution in [-0.2, 0) is 6.42 Å². The summed E-state index contributed by atoms with van der Waals surface area (Å²) in [6.45, 7) is 0.692. The number of rotatable bonds is 4. The molecule has 29 heavy (non-hydrogen) atoms. The van der Waals surface area contributed by atoms with E-state index < -0.39 is 0 Å². The number of ether oxygens (including phenoxy) is 1. The van der Waals surface area contributed by atoms with Crippen LogP contribution in [0.25, 0.3) is 0 Å². The van der Waals surface area contributed by atoms with Crippen LogP contribution in [0.15, 0.2) is 42.5 Å². The maximum Gasteiger partial charge on any atom is 0.322 e. The number of hydrogen-bond donors (Lipinski definition) is 1. The first kappa shape index (κ1) is 19.0. The zero-order chi connectivity index (χ0) is 20.5. The summed E-state index contributed by atoms with van der Waals surface area (Å²) in [4.78, 5) is 40.0. The average Bonchev–Trinajstić information content (AvgIpc) is 3.28. The maximum atomic E-state index is 12.9. The number of nitrogens with one attached hydrogen (secondary N) is 1. The molecule has 0 aliphatic carbocycles. The molecule has 0 spiro atoms. The molecule has 2 heterocycles. The van der Waals surface area contributed by atoms with Crippen molar-refractivity contribution in [1.82, 2.24) is 9.80 Å². The van der Waals surface area contributed by atoms with Gasteiger partial charge in [-0.15, -0.1) is 0 Å². The van der Waals surface area contributed by atoms with Crippen LogP contribution >= 0.6 is 0 Å². The molecular formula is C22H23N3O4. The first-order valence-corrected chi connectivity index (χ1v) is 9.65. The molecule has 1 saturated heterocycles. The number of imide groups is 1. The molecule has 0 radical (unpaired) electrons. The zero-order valence-electron chi connectivity index (χ0n) is 16.5. The van der Waals surface area contributed by atoms with Crippen LogP contribution < -0.4 is 10.1 Å². The summed E-state index contributed by atoms with van der Waals surface area (Å²) in [5.41, 5.74) is 2.36. The molecule has 1 unspecified atom stereocenters. The quantitative estimate of drug-likeness (QED) is 0.810.